The summed E-state index contributed by atoms with van der Waals surface area (Å²) in [5.41, 5.74) is 0. The Morgan fingerprint density at radius 1 is 0.574 bits per heavy atom. The van der Waals surface area contributed by atoms with E-state index >= 15 is 0 Å². The molecule has 0 aromatic carbocycles. The van der Waals surface area contributed by atoms with E-state index in [9.17, 15) is 30.0 Å². The number of carbonyl (C=O) groups is 2. The fourth-order valence-corrected chi connectivity index (χ4v) is 6.27. The van der Waals surface area contributed by atoms with Crippen LogP contribution in [0.2, 0.25) is 0 Å². The molecule has 0 radical (unpaired) electrons. The van der Waals surface area contributed by atoms with Gasteiger partial charge in [-0.3, -0.25) is 9.59 Å². The number of unbranched alkanes of at least 4 members (excludes halogenated alkanes) is 18. The van der Waals surface area contributed by atoms with Crippen LogP contribution in [0, 0.1) is 0 Å². The second-order valence-electron chi connectivity index (χ2n) is 14.8. The minimum absolute atomic E-state index is 0.219. The molecule has 1 aliphatic heterocycles. The van der Waals surface area contributed by atoms with E-state index in [-0.39, 0.29) is 32.0 Å². The van der Waals surface area contributed by atoms with Crippen molar-refractivity contribution < 1.29 is 49.0 Å². The van der Waals surface area contributed by atoms with Crippen LogP contribution < -0.4 is 0 Å². The lowest BCUT2D eigenvalue weighted by Crippen LogP contribution is -2.59. The van der Waals surface area contributed by atoms with Gasteiger partial charge in [-0.05, 0) is 70.6 Å². The van der Waals surface area contributed by atoms with Gasteiger partial charge in [-0.15, -0.1) is 0 Å². The molecule has 0 aliphatic carbocycles. The van der Waals surface area contributed by atoms with Gasteiger partial charge in [0.15, 0.2) is 12.4 Å². The minimum atomic E-state index is -1.60. The van der Waals surface area contributed by atoms with E-state index in [1.165, 1.54) is 64.2 Å². The molecule has 1 saturated heterocycles. The first kappa shape index (κ1) is 49.9. The van der Waals surface area contributed by atoms with Gasteiger partial charge in [-0.2, -0.15) is 0 Å². The van der Waals surface area contributed by atoms with E-state index in [1.54, 1.807) is 0 Å². The van der Waals surface area contributed by atoms with Crippen LogP contribution >= 0.6 is 0 Å². The molecule has 10 nitrogen and oxygen atoms in total. The third-order valence-corrected chi connectivity index (χ3v) is 9.75. The number of ether oxygens (including phenoxy) is 4. The van der Waals surface area contributed by atoms with Crippen LogP contribution in [0.1, 0.15) is 174 Å². The molecule has 54 heavy (non-hydrogen) atoms. The van der Waals surface area contributed by atoms with Crippen LogP contribution in [-0.4, -0.2) is 89.0 Å². The van der Waals surface area contributed by atoms with E-state index in [0.717, 1.165) is 70.6 Å². The maximum Gasteiger partial charge on any atom is 0.306 e. The van der Waals surface area contributed by atoms with E-state index in [4.69, 9.17) is 18.9 Å². The van der Waals surface area contributed by atoms with Crippen LogP contribution in [0.5, 0.6) is 0 Å². The summed E-state index contributed by atoms with van der Waals surface area (Å²) in [5, 5.41) is 40.0. The van der Waals surface area contributed by atoms with Crippen molar-refractivity contribution in [1.82, 2.24) is 0 Å². The first-order valence-corrected chi connectivity index (χ1v) is 21.6. The molecule has 0 aromatic heterocycles. The summed E-state index contributed by atoms with van der Waals surface area (Å²) < 4.78 is 22.1. The van der Waals surface area contributed by atoms with Gasteiger partial charge >= 0.3 is 11.9 Å². The predicted octanol–water partition coefficient (Wildman–Crippen LogP) is 8.72. The second-order valence-corrected chi connectivity index (χ2v) is 14.8. The van der Waals surface area contributed by atoms with Crippen LogP contribution in [0.3, 0.4) is 0 Å². The Kier molecular flexibility index (Phi) is 32.7. The van der Waals surface area contributed by atoms with Gasteiger partial charge < -0.3 is 39.4 Å². The number of esters is 2. The summed E-state index contributed by atoms with van der Waals surface area (Å²) >= 11 is 0. The molecular weight excluding hydrogens is 688 g/mol. The van der Waals surface area contributed by atoms with Gasteiger partial charge in [0.2, 0.25) is 0 Å². The van der Waals surface area contributed by atoms with Crippen molar-refractivity contribution in [2.24, 2.45) is 0 Å². The summed E-state index contributed by atoms with van der Waals surface area (Å²) in [6.45, 7) is 3.35. The molecule has 10 heteroatoms. The van der Waals surface area contributed by atoms with Crippen LogP contribution in [-0.2, 0) is 28.5 Å². The van der Waals surface area contributed by atoms with Gasteiger partial charge in [0.1, 0.15) is 31.0 Å². The molecule has 0 aromatic rings. The SMILES string of the molecule is CCCCC/C=C/C/C=C/CCCCCCCCCC(=O)O[C@H](COC(=O)CCCCCCC/C=C/CCCCC)CO[C@@H]1O[C@H](CO)[C@H](O)C(O)C1O. The highest BCUT2D eigenvalue weighted by atomic mass is 16.7. The minimum Gasteiger partial charge on any atom is -0.462 e. The Hall–Kier alpha value is -2.08. The van der Waals surface area contributed by atoms with E-state index < -0.39 is 49.4 Å². The summed E-state index contributed by atoms with van der Waals surface area (Å²) in [5.74, 6) is -0.827. The van der Waals surface area contributed by atoms with Crippen molar-refractivity contribution in [1.29, 1.82) is 0 Å². The summed E-state index contributed by atoms with van der Waals surface area (Å²) in [6, 6.07) is 0. The average Bonchev–Trinajstić information content (AvgIpc) is 3.17. The maximum atomic E-state index is 12.7. The lowest BCUT2D eigenvalue weighted by Gasteiger charge is -2.39. The number of allylic oxidation sites excluding steroid dienone is 6. The smallest absolute Gasteiger partial charge is 0.306 e. The Morgan fingerprint density at radius 3 is 1.56 bits per heavy atom. The zero-order valence-electron chi connectivity index (χ0n) is 34.0. The number of hydrogen-bond donors (Lipinski definition) is 4. The highest BCUT2D eigenvalue weighted by molar-refractivity contribution is 5.70. The fraction of sp³-hybridized carbons (Fsp3) is 0.818. The van der Waals surface area contributed by atoms with E-state index in [2.05, 4.69) is 50.3 Å². The first-order valence-electron chi connectivity index (χ1n) is 21.6. The standard InChI is InChI=1S/C44H78O10/c1-3-5-7-9-11-13-15-17-18-19-20-21-23-25-27-29-31-33-40(47)53-37(36-52-44-43(50)42(49)41(48)38(34-45)54-44)35-51-39(46)32-30-28-26-24-22-16-14-12-10-8-6-4-2/h11-14,17-18,37-38,41-45,48-50H,3-10,15-16,19-36H2,1-2H3/b13-11+,14-12+,18-17+/t37-,38-,41+,42?,43?,44-/m1/s1. The molecule has 0 amide bonds. The fourth-order valence-electron chi connectivity index (χ4n) is 6.27. The molecule has 1 fully saturated rings. The van der Waals surface area contributed by atoms with Crippen LogP contribution in [0.4, 0.5) is 0 Å². The Morgan fingerprint density at radius 2 is 1.04 bits per heavy atom. The summed E-state index contributed by atoms with van der Waals surface area (Å²) in [7, 11) is 0. The zero-order valence-corrected chi connectivity index (χ0v) is 34.0. The van der Waals surface area contributed by atoms with Crippen molar-refractivity contribution in [2.45, 2.75) is 211 Å². The van der Waals surface area contributed by atoms with Crippen molar-refractivity contribution in [3.05, 3.63) is 36.5 Å². The number of carbonyl (C=O) groups excluding carboxylic acids is 2. The highest BCUT2D eigenvalue weighted by Gasteiger charge is 2.44. The number of rotatable bonds is 35. The van der Waals surface area contributed by atoms with Crippen molar-refractivity contribution >= 4 is 11.9 Å². The number of aliphatic hydroxyl groups excluding tert-OH is 4. The molecular formula is C44H78O10. The molecule has 1 rings (SSSR count). The molecule has 2 unspecified atom stereocenters. The average molecular weight is 767 g/mol. The highest BCUT2D eigenvalue weighted by Crippen LogP contribution is 2.22. The molecule has 1 heterocycles. The second kappa shape index (κ2) is 35.3. The monoisotopic (exact) mass is 767 g/mol. The van der Waals surface area contributed by atoms with Crippen molar-refractivity contribution in [3.63, 3.8) is 0 Å². The first-order chi connectivity index (χ1) is 26.3. The van der Waals surface area contributed by atoms with E-state index in [1.807, 2.05) is 0 Å². The molecule has 0 saturated carbocycles. The van der Waals surface area contributed by atoms with Crippen LogP contribution in [0.15, 0.2) is 36.5 Å². The van der Waals surface area contributed by atoms with E-state index in [0.29, 0.717) is 12.8 Å². The topological polar surface area (TPSA) is 152 Å². The molecule has 6 atom stereocenters. The predicted molar refractivity (Wildman–Crippen MR) is 215 cm³/mol. The quantitative estimate of drug-likeness (QED) is 0.0280. The van der Waals surface area contributed by atoms with Gasteiger partial charge in [-0.1, -0.05) is 127 Å². The Labute approximate surface area is 327 Å². The van der Waals surface area contributed by atoms with Gasteiger partial charge in [0.25, 0.3) is 0 Å². The molecule has 4 N–H and O–H groups in total. The third-order valence-electron chi connectivity index (χ3n) is 9.75. The summed E-state index contributed by atoms with van der Waals surface area (Å²) in [6.07, 6.45) is 31.5. The molecule has 314 valence electrons. The lowest BCUT2D eigenvalue weighted by atomic mass is 9.99. The largest absolute Gasteiger partial charge is 0.462 e. The number of aliphatic hydroxyl groups is 4. The van der Waals surface area contributed by atoms with Crippen LogP contribution in [0.25, 0.3) is 0 Å². The zero-order chi connectivity index (χ0) is 39.5. The maximum absolute atomic E-state index is 12.7. The molecule has 0 spiro atoms. The molecule has 1 aliphatic rings. The number of hydrogen-bond acceptors (Lipinski definition) is 10. The van der Waals surface area contributed by atoms with Gasteiger partial charge in [-0.25, -0.2) is 0 Å². The normalized spacial score (nSPS) is 21.0. The third kappa shape index (κ3) is 26.7. The lowest BCUT2D eigenvalue weighted by molar-refractivity contribution is -0.305. The van der Waals surface area contributed by atoms with Crippen molar-refractivity contribution in [2.75, 3.05) is 19.8 Å². The molecule has 0 bridgehead atoms. The Balaban J connectivity index is 2.36. The van der Waals surface area contributed by atoms with Gasteiger partial charge in [0, 0.05) is 12.8 Å². The summed E-state index contributed by atoms with van der Waals surface area (Å²) in [4.78, 5) is 25.3. The Bertz CT molecular complexity index is 980. The van der Waals surface area contributed by atoms with Gasteiger partial charge in [0.05, 0.1) is 13.2 Å². The van der Waals surface area contributed by atoms with Crippen molar-refractivity contribution in [3.8, 4) is 0 Å².